The van der Waals surface area contributed by atoms with E-state index in [0.717, 1.165) is 51.4 Å². The lowest BCUT2D eigenvalue weighted by Gasteiger charge is -2.15. The normalized spacial score (nSPS) is 11.3. The monoisotopic (exact) mass is 1210 g/mol. The van der Waals surface area contributed by atoms with Crippen molar-refractivity contribution in [1.29, 1.82) is 0 Å². The second-order valence-electron chi connectivity index (χ2n) is 25.2. The molecule has 3 rings (SSSR count). The molecule has 3 aromatic carbocycles. The second kappa shape index (κ2) is 54.2. The minimum atomic E-state index is -0.550. The quantitative estimate of drug-likeness (QED) is 0.0324. The van der Waals surface area contributed by atoms with Crippen LogP contribution in [0.2, 0.25) is 0 Å². The number of benzene rings is 3. The fourth-order valence-corrected chi connectivity index (χ4v) is 11.5. The van der Waals surface area contributed by atoms with Crippen molar-refractivity contribution in [2.75, 3.05) is 37.1 Å². The molecule has 0 heterocycles. The van der Waals surface area contributed by atoms with Gasteiger partial charge >= 0.3 is 0 Å². The maximum atomic E-state index is 13.9. The highest BCUT2D eigenvalue weighted by Gasteiger charge is 2.21. The van der Waals surface area contributed by atoms with Crippen LogP contribution in [0.25, 0.3) is 0 Å². The van der Waals surface area contributed by atoms with Crippen LogP contribution in [0.15, 0.2) is 54.6 Å². The van der Waals surface area contributed by atoms with E-state index in [1.54, 1.807) is 42.5 Å². The van der Waals surface area contributed by atoms with E-state index in [1.807, 2.05) is 0 Å². The minimum Gasteiger partial charge on any atom is -0.490 e. The summed E-state index contributed by atoms with van der Waals surface area (Å²) in [4.78, 5) is 39.8. The van der Waals surface area contributed by atoms with E-state index in [4.69, 9.17) is 18.9 Å². The van der Waals surface area contributed by atoms with Gasteiger partial charge in [-0.15, -0.1) is 0 Å². The molecule has 0 aliphatic rings. The van der Waals surface area contributed by atoms with Gasteiger partial charge in [0.25, 0.3) is 17.5 Å². The molecule has 494 valence electrons. The Kier molecular flexibility index (Phi) is 47.6. The number of nitrogens with zero attached hydrogens (tertiary/aromatic N) is 1. The summed E-state index contributed by atoms with van der Waals surface area (Å²) in [5.41, 5.74) is 0.523. The molecule has 2 amide bonds. The Morgan fingerprint density at radius 3 is 0.851 bits per heavy atom. The number of amides is 2. The molecule has 0 atom stereocenters. The predicted octanol–water partition coefficient (Wildman–Crippen LogP) is 24.4. The Morgan fingerprint density at radius 1 is 0.322 bits per heavy atom. The van der Waals surface area contributed by atoms with Crippen LogP contribution in [-0.4, -0.2) is 43.2 Å². The second-order valence-corrected chi connectivity index (χ2v) is 25.2. The van der Waals surface area contributed by atoms with Crippen molar-refractivity contribution >= 4 is 28.9 Å². The number of nitro benzene ring substituents is 1. The van der Waals surface area contributed by atoms with Gasteiger partial charge in [-0.25, -0.2) is 0 Å². The molecule has 0 spiro atoms. The number of carbonyl (C=O) groups excluding carboxylic acids is 2. The van der Waals surface area contributed by atoms with Crippen LogP contribution in [0.3, 0.4) is 0 Å². The van der Waals surface area contributed by atoms with Crippen molar-refractivity contribution in [3.63, 3.8) is 0 Å². The zero-order valence-corrected chi connectivity index (χ0v) is 56.2. The van der Waals surface area contributed by atoms with Crippen molar-refractivity contribution in [3.05, 3.63) is 75.8 Å². The molecular formula is C76H127N3O8. The number of anilines is 2. The zero-order valence-electron chi connectivity index (χ0n) is 56.2. The summed E-state index contributed by atoms with van der Waals surface area (Å²) in [6.07, 6.45) is 60.4. The SMILES string of the molecule is CCCCCCCCCCCCCCOc1ccc(C(=O)Nc2ccc(NC(=O)c3ccc(OCCCCCCCCCCCCCC)c(OCCCCCCCCCCCCCC)c3)c([N+](=O)[O-])c2)cc1OCCCCCCCCCCCCCC. The van der Waals surface area contributed by atoms with Crippen LogP contribution >= 0.6 is 0 Å². The Balaban J connectivity index is 1.62. The van der Waals surface area contributed by atoms with Crippen molar-refractivity contribution in [2.45, 2.75) is 336 Å². The third-order valence-corrected chi connectivity index (χ3v) is 17.1. The van der Waals surface area contributed by atoms with Crippen LogP contribution in [0, 0.1) is 10.1 Å². The van der Waals surface area contributed by atoms with Gasteiger partial charge in [0.1, 0.15) is 5.69 Å². The summed E-state index contributed by atoms with van der Waals surface area (Å²) in [6.45, 7) is 11.2. The lowest BCUT2D eigenvalue weighted by Crippen LogP contribution is -2.15. The smallest absolute Gasteiger partial charge is 0.294 e. The minimum absolute atomic E-state index is 0.0115. The fraction of sp³-hybridized carbons (Fsp3) is 0.737. The summed E-state index contributed by atoms with van der Waals surface area (Å²) in [6, 6.07) is 14.6. The first kappa shape index (κ1) is 76.4. The number of nitrogens with one attached hydrogen (secondary N) is 2. The number of unbranched alkanes of at least 4 members (excludes halogenated alkanes) is 44. The first-order chi connectivity index (χ1) is 42.8. The molecule has 2 N–H and O–H groups in total. The third-order valence-electron chi connectivity index (χ3n) is 17.1. The summed E-state index contributed by atoms with van der Waals surface area (Å²) < 4.78 is 25.3. The van der Waals surface area contributed by atoms with E-state index in [1.165, 1.54) is 269 Å². The molecule has 0 radical (unpaired) electrons. The molecule has 87 heavy (non-hydrogen) atoms. The van der Waals surface area contributed by atoms with Crippen LogP contribution in [0.1, 0.15) is 357 Å². The Labute approximate surface area is 531 Å². The molecule has 0 saturated heterocycles. The van der Waals surface area contributed by atoms with Crippen molar-refractivity contribution in [1.82, 2.24) is 0 Å². The first-order valence-corrected chi connectivity index (χ1v) is 36.5. The molecule has 0 aromatic heterocycles. The Bertz CT molecular complexity index is 2160. The zero-order chi connectivity index (χ0) is 62.3. The average Bonchev–Trinajstić information content (AvgIpc) is 2.19. The van der Waals surface area contributed by atoms with Gasteiger partial charge in [-0.1, -0.05) is 310 Å². The molecule has 0 fully saturated rings. The van der Waals surface area contributed by atoms with Crippen LogP contribution in [0.5, 0.6) is 23.0 Å². The van der Waals surface area contributed by atoms with E-state index in [2.05, 4.69) is 38.3 Å². The first-order valence-electron chi connectivity index (χ1n) is 36.5. The molecule has 0 saturated carbocycles. The summed E-state index contributed by atoms with van der Waals surface area (Å²) in [5, 5.41) is 18.2. The summed E-state index contributed by atoms with van der Waals surface area (Å²) >= 11 is 0. The van der Waals surface area contributed by atoms with Crippen LogP contribution in [-0.2, 0) is 0 Å². The van der Waals surface area contributed by atoms with Crippen molar-refractivity contribution < 1.29 is 33.5 Å². The molecule has 0 aliphatic carbocycles. The number of carbonyl (C=O) groups is 2. The van der Waals surface area contributed by atoms with Gasteiger partial charge in [-0.2, -0.15) is 0 Å². The van der Waals surface area contributed by atoms with Gasteiger partial charge in [-0.05, 0) is 74.2 Å². The van der Waals surface area contributed by atoms with Gasteiger partial charge in [0.15, 0.2) is 23.0 Å². The number of rotatable bonds is 61. The number of hydrogen-bond donors (Lipinski definition) is 2. The van der Waals surface area contributed by atoms with Crippen molar-refractivity contribution in [2.24, 2.45) is 0 Å². The Hall–Kier alpha value is -4.80. The number of nitro groups is 1. The van der Waals surface area contributed by atoms with E-state index < -0.39 is 16.7 Å². The maximum Gasteiger partial charge on any atom is 0.294 e. The molecule has 3 aromatic rings. The third kappa shape index (κ3) is 39.1. The van der Waals surface area contributed by atoms with Crippen molar-refractivity contribution in [3.8, 4) is 23.0 Å². The highest BCUT2D eigenvalue weighted by Crippen LogP contribution is 2.34. The van der Waals surface area contributed by atoms with Gasteiger partial charge in [0.2, 0.25) is 0 Å². The molecule has 11 heteroatoms. The topological polar surface area (TPSA) is 138 Å². The molecule has 0 bridgehead atoms. The van der Waals surface area contributed by atoms with Gasteiger partial charge < -0.3 is 29.6 Å². The summed E-state index contributed by atoms with van der Waals surface area (Å²) in [5.74, 6) is 1.25. The molecule has 11 nitrogen and oxygen atoms in total. The van der Waals surface area contributed by atoms with Gasteiger partial charge in [-0.3, -0.25) is 19.7 Å². The van der Waals surface area contributed by atoms with Crippen LogP contribution in [0.4, 0.5) is 17.1 Å². The number of hydrogen-bond acceptors (Lipinski definition) is 8. The summed E-state index contributed by atoms with van der Waals surface area (Å²) in [7, 11) is 0. The molecule has 0 aliphatic heterocycles. The maximum absolute atomic E-state index is 13.9. The van der Waals surface area contributed by atoms with E-state index in [-0.39, 0.29) is 17.1 Å². The average molecular weight is 1210 g/mol. The standard InChI is InChI=1S/C76H127N3O8/c1-5-9-13-17-21-25-29-33-37-41-45-49-59-84-71-57-53-66(63-73(71)86-61-51-47-43-39-35-31-27-23-19-15-11-7-3)75(80)77-68-55-56-69(70(65-68)79(82)83)78-76(81)67-54-58-72(85-60-50-46-42-38-34-30-26-22-18-14-10-6-2)74(64-67)87-62-52-48-44-40-36-32-28-24-20-16-12-8-4/h53-58,63-65H,5-52,59-62H2,1-4H3,(H,77,80)(H,78,81). The lowest BCUT2D eigenvalue weighted by atomic mass is 10.1. The molecule has 0 unspecified atom stereocenters. The molecular weight excluding hydrogens is 1080 g/mol. The predicted molar refractivity (Wildman–Crippen MR) is 368 cm³/mol. The highest BCUT2D eigenvalue weighted by atomic mass is 16.6. The van der Waals surface area contributed by atoms with E-state index in [0.29, 0.717) is 60.6 Å². The number of ether oxygens (including phenoxy) is 4. The lowest BCUT2D eigenvalue weighted by molar-refractivity contribution is -0.383. The highest BCUT2D eigenvalue weighted by molar-refractivity contribution is 6.07. The van der Waals surface area contributed by atoms with E-state index >= 15 is 0 Å². The largest absolute Gasteiger partial charge is 0.490 e. The fourth-order valence-electron chi connectivity index (χ4n) is 11.5. The van der Waals surface area contributed by atoms with Crippen LogP contribution < -0.4 is 29.6 Å². The van der Waals surface area contributed by atoms with E-state index in [9.17, 15) is 19.7 Å². The Morgan fingerprint density at radius 2 is 0.575 bits per heavy atom. The van der Waals surface area contributed by atoms with Gasteiger partial charge in [0.05, 0.1) is 31.4 Å². The van der Waals surface area contributed by atoms with Gasteiger partial charge in [0, 0.05) is 22.9 Å².